The Bertz CT molecular complexity index is 1640. The van der Waals surface area contributed by atoms with Gasteiger partial charge in [-0.3, -0.25) is 4.72 Å². The maximum atomic E-state index is 15.9. The fourth-order valence-corrected chi connectivity index (χ4v) is 6.64. The molecule has 14 heteroatoms. The molecule has 1 N–H and O–H groups in total. The number of halogens is 4. The van der Waals surface area contributed by atoms with Crippen LogP contribution >= 0.6 is 22.9 Å². The number of benzene rings is 2. The topological polar surface area (TPSA) is 97.3 Å². The number of sulfonamides is 1. The maximum Gasteiger partial charge on any atom is 0.265 e. The van der Waals surface area contributed by atoms with E-state index in [-0.39, 0.29) is 28.7 Å². The van der Waals surface area contributed by atoms with Crippen LogP contribution in [0, 0.1) is 17.5 Å². The Balaban J connectivity index is 1.60. The van der Waals surface area contributed by atoms with Crippen molar-refractivity contribution in [1.29, 1.82) is 0 Å². The van der Waals surface area contributed by atoms with E-state index < -0.39 is 38.1 Å². The van der Waals surface area contributed by atoms with Crippen LogP contribution in [0.5, 0.6) is 0 Å². The van der Waals surface area contributed by atoms with Crippen LogP contribution in [0.2, 0.25) is 5.28 Å². The lowest BCUT2D eigenvalue weighted by atomic mass is 10.1. The number of hydrogen-bond donors (Lipinski definition) is 1. The van der Waals surface area contributed by atoms with E-state index in [1.807, 2.05) is 23.5 Å². The van der Waals surface area contributed by atoms with E-state index in [1.54, 1.807) is 6.07 Å². The lowest BCUT2D eigenvalue weighted by Gasteiger charge is -2.35. The Kier molecular flexibility index (Phi) is 7.51. The molecule has 1 aliphatic rings. The molecule has 2 aromatic carbocycles. The second kappa shape index (κ2) is 10.7. The Morgan fingerprint density at radius 2 is 1.82 bits per heavy atom. The Morgan fingerprint density at radius 3 is 2.54 bits per heavy atom. The van der Waals surface area contributed by atoms with Crippen molar-refractivity contribution in [2.24, 2.45) is 0 Å². The highest BCUT2D eigenvalue weighted by atomic mass is 35.5. The highest BCUT2D eigenvalue weighted by molar-refractivity contribution is 7.92. The second-order valence-corrected chi connectivity index (χ2v) is 11.9. The first kappa shape index (κ1) is 27.3. The molecule has 0 spiro atoms. The first-order valence-electron chi connectivity index (χ1n) is 11.7. The van der Waals surface area contributed by atoms with Gasteiger partial charge in [0.25, 0.3) is 10.0 Å². The SMILES string of the molecule is CC1CN(c2nc(-c3cccc(NS(=O)(=O)c4cc(F)ccc4F)c3F)c(-c3ccnc(Cl)n3)s2)CC(C)O1. The van der Waals surface area contributed by atoms with Crippen LogP contribution in [0.1, 0.15) is 13.8 Å². The summed E-state index contributed by atoms with van der Waals surface area (Å²) in [6, 6.07) is 7.62. The number of morpholine rings is 1. The van der Waals surface area contributed by atoms with E-state index in [0.717, 1.165) is 6.07 Å². The van der Waals surface area contributed by atoms with Gasteiger partial charge in [-0.2, -0.15) is 0 Å². The van der Waals surface area contributed by atoms with Crippen LogP contribution < -0.4 is 9.62 Å². The molecule has 4 aromatic rings. The van der Waals surface area contributed by atoms with E-state index in [0.29, 0.717) is 40.9 Å². The van der Waals surface area contributed by atoms with Crippen LogP contribution in [0.25, 0.3) is 21.8 Å². The molecule has 5 rings (SSSR count). The zero-order chi connectivity index (χ0) is 27.9. The second-order valence-electron chi connectivity index (χ2n) is 8.89. The monoisotopic (exact) mass is 595 g/mol. The summed E-state index contributed by atoms with van der Waals surface area (Å²) in [5, 5.41) is 0.574. The third-order valence-electron chi connectivity index (χ3n) is 5.85. The quantitative estimate of drug-likeness (QED) is 0.283. The van der Waals surface area contributed by atoms with Crippen molar-refractivity contribution in [3.8, 4) is 21.8 Å². The van der Waals surface area contributed by atoms with Gasteiger partial charge in [-0.15, -0.1) is 0 Å². The van der Waals surface area contributed by atoms with Crippen molar-refractivity contribution in [3.63, 3.8) is 0 Å². The highest BCUT2D eigenvalue weighted by Gasteiger charge is 2.29. The zero-order valence-electron chi connectivity index (χ0n) is 20.5. The van der Waals surface area contributed by atoms with Crippen LogP contribution in [0.3, 0.4) is 0 Å². The number of rotatable bonds is 6. The van der Waals surface area contributed by atoms with Crippen LogP contribution in [-0.2, 0) is 14.8 Å². The van der Waals surface area contributed by atoms with Gasteiger partial charge in [0.15, 0.2) is 10.9 Å². The lowest BCUT2D eigenvalue weighted by molar-refractivity contribution is -0.00522. The van der Waals surface area contributed by atoms with Crippen molar-refractivity contribution in [2.45, 2.75) is 31.0 Å². The van der Waals surface area contributed by atoms with Crippen molar-refractivity contribution in [1.82, 2.24) is 15.0 Å². The van der Waals surface area contributed by atoms with Crippen LogP contribution in [0.4, 0.5) is 24.0 Å². The fourth-order valence-electron chi connectivity index (χ4n) is 4.27. The van der Waals surface area contributed by atoms with Gasteiger partial charge in [0.1, 0.15) is 16.5 Å². The average molecular weight is 596 g/mol. The molecule has 3 heterocycles. The first-order valence-corrected chi connectivity index (χ1v) is 14.4. The third-order valence-corrected chi connectivity index (χ3v) is 8.55. The standard InChI is InChI=1S/C25H21ClF3N5O3S2/c1-13-11-34(12-14(2)37-13)25-32-22(23(38-25)19-8-9-30-24(26)31-19)16-4-3-5-18(21(16)29)33-39(35,36)20-10-15(27)6-7-17(20)28/h3-10,13-14,33H,11-12H2,1-2H3. The minimum absolute atomic E-state index is 0.0129. The fraction of sp³-hybridized carbons (Fsp3) is 0.240. The summed E-state index contributed by atoms with van der Waals surface area (Å²) in [4.78, 5) is 14.4. The predicted octanol–water partition coefficient (Wildman–Crippen LogP) is 5.75. The van der Waals surface area contributed by atoms with Gasteiger partial charge in [0.05, 0.1) is 34.2 Å². The van der Waals surface area contributed by atoms with Gasteiger partial charge in [-0.05, 0) is 61.8 Å². The van der Waals surface area contributed by atoms with E-state index >= 15 is 4.39 Å². The molecule has 204 valence electrons. The molecule has 8 nitrogen and oxygen atoms in total. The van der Waals surface area contributed by atoms with Gasteiger partial charge in [-0.1, -0.05) is 17.4 Å². The Morgan fingerprint density at radius 1 is 1.08 bits per heavy atom. The summed E-state index contributed by atoms with van der Waals surface area (Å²) >= 11 is 7.29. The van der Waals surface area contributed by atoms with E-state index in [9.17, 15) is 17.2 Å². The number of thiazole rings is 1. The zero-order valence-corrected chi connectivity index (χ0v) is 22.9. The van der Waals surface area contributed by atoms with Crippen molar-refractivity contribution in [3.05, 3.63) is 71.4 Å². The Hall–Kier alpha value is -3.26. The highest BCUT2D eigenvalue weighted by Crippen LogP contribution is 2.42. The van der Waals surface area contributed by atoms with E-state index in [4.69, 9.17) is 21.3 Å². The lowest BCUT2D eigenvalue weighted by Crippen LogP contribution is -2.45. The van der Waals surface area contributed by atoms with E-state index in [2.05, 4.69) is 9.97 Å². The number of hydrogen-bond acceptors (Lipinski definition) is 8. The van der Waals surface area contributed by atoms with E-state index in [1.165, 1.54) is 35.7 Å². The maximum absolute atomic E-state index is 15.9. The van der Waals surface area contributed by atoms with Gasteiger partial charge in [0.2, 0.25) is 5.28 Å². The largest absolute Gasteiger partial charge is 0.372 e. The summed E-state index contributed by atoms with van der Waals surface area (Å²) in [6.07, 6.45) is 1.34. The smallest absolute Gasteiger partial charge is 0.265 e. The molecule has 2 unspecified atom stereocenters. The predicted molar refractivity (Wildman–Crippen MR) is 143 cm³/mol. The summed E-state index contributed by atoms with van der Waals surface area (Å²) in [7, 11) is -4.66. The number of ether oxygens (including phenoxy) is 1. The average Bonchev–Trinajstić information content (AvgIpc) is 3.31. The molecule has 2 aromatic heterocycles. The molecule has 1 fully saturated rings. The number of nitrogens with zero attached hydrogens (tertiary/aromatic N) is 4. The minimum Gasteiger partial charge on any atom is -0.372 e. The molecule has 39 heavy (non-hydrogen) atoms. The summed E-state index contributed by atoms with van der Waals surface area (Å²) in [6.45, 7) is 5.00. The molecule has 0 aliphatic carbocycles. The van der Waals surface area contributed by atoms with Gasteiger partial charge >= 0.3 is 0 Å². The number of anilines is 2. The van der Waals surface area contributed by atoms with Gasteiger partial charge in [0, 0.05) is 24.8 Å². The molecular weight excluding hydrogens is 575 g/mol. The minimum atomic E-state index is -4.66. The Labute approximate surface area is 231 Å². The molecule has 2 atom stereocenters. The molecule has 0 saturated carbocycles. The van der Waals surface area contributed by atoms with Crippen LogP contribution in [0.15, 0.2) is 53.6 Å². The number of nitrogens with one attached hydrogen (secondary N) is 1. The van der Waals surface area contributed by atoms with Crippen molar-refractivity contribution in [2.75, 3.05) is 22.7 Å². The summed E-state index contributed by atoms with van der Waals surface area (Å²) in [5.41, 5.74) is 0.102. The van der Waals surface area contributed by atoms with Crippen LogP contribution in [-0.4, -0.2) is 48.7 Å². The first-order chi connectivity index (χ1) is 18.5. The molecule has 0 bridgehead atoms. The summed E-state index contributed by atoms with van der Waals surface area (Å²) in [5.74, 6) is -3.10. The molecule has 1 saturated heterocycles. The molecule has 1 aliphatic heterocycles. The van der Waals surface area contributed by atoms with Crippen molar-refractivity contribution < 1.29 is 26.3 Å². The summed E-state index contributed by atoms with van der Waals surface area (Å²) < 4.78 is 77.2. The van der Waals surface area contributed by atoms with Gasteiger partial charge < -0.3 is 9.64 Å². The third kappa shape index (κ3) is 5.71. The number of aromatic nitrogens is 3. The molecule has 0 radical (unpaired) electrons. The molecule has 0 amide bonds. The van der Waals surface area contributed by atoms with Gasteiger partial charge in [-0.25, -0.2) is 36.5 Å². The normalized spacial score (nSPS) is 17.8. The molecular formula is C25H21ClF3N5O3S2. The van der Waals surface area contributed by atoms with Crippen molar-refractivity contribution >= 4 is 43.8 Å².